The number of pyridine rings is 1. The minimum atomic E-state index is -0.0643. The number of carbonyl (C=O) groups is 2. The van der Waals surface area contributed by atoms with Crippen molar-refractivity contribution in [3.8, 4) is 5.88 Å². The van der Waals surface area contributed by atoms with E-state index in [1.165, 1.54) is 0 Å². The fourth-order valence-corrected chi connectivity index (χ4v) is 3.81. The summed E-state index contributed by atoms with van der Waals surface area (Å²) in [5.74, 6) is 0.475. The maximum Gasteiger partial charge on any atom is 0.257 e. The van der Waals surface area contributed by atoms with Crippen LogP contribution in [0.1, 0.15) is 46.2 Å². The molecule has 0 spiro atoms. The highest BCUT2D eigenvalue weighted by Crippen LogP contribution is 2.20. The highest BCUT2D eigenvalue weighted by molar-refractivity contribution is 5.96. The molecule has 0 aliphatic carbocycles. The van der Waals surface area contributed by atoms with Gasteiger partial charge in [0.25, 0.3) is 11.8 Å². The van der Waals surface area contributed by atoms with Crippen molar-refractivity contribution in [1.82, 2.24) is 24.6 Å². The van der Waals surface area contributed by atoms with Gasteiger partial charge in [-0.1, -0.05) is 0 Å². The maximum absolute atomic E-state index is 12.9. The van der Waals surface area contributed by atoms with Crippen LogP contribution in [0.25, 0.3) is 0 Å². The molecule has 4 heterocycles. The molecule has 0 N–H and O–H groups in total. The van der Waals surface area contributed by atoms with Crippen LogP contribution in [0, 0.1) is 0 Å². The predicted molar refractivity (Wildman–Crippen MR) is 102 cm³/mol. The van der Waals surface area contributed by atoms with Crippen LogP contribution in [-0.2, 0) is 13.0 Å². The first-order chi connectivity index (χ1) is 13.7. The van der Waals surface area contributed by atoms with E-state index in [9.17, 15) is 9.59 Å². The summed E-state index contributed by atoms with van der Waals surface area (Å²) in [5.41, 5.74) is 2.30. The molecule has 8 nitrogen and oxygen atoms in total. The summed E-state index contributed by atoms with van der Waals surface area (Å²) in [6.07, 6.45) is 6.37. The summed E-state index contributed by atoms with van der Waals surface area (Å²) < 4.78 is 7.27. The number of aromatic nitrogens is 3. The van der Waals surface area contributed by atoms with Gasteiger partial charge in [0, 0.05) is 45.0 Å². The Kier molecular flexibility index (Phi) is 5.27. The van der Waals surface area contributed by atoms with Gasteiger partial charge in [-0.25, -0.2) is 4.98 Å². The van der Waals surface area contributed by atoms with Crippen molar-refractivity contribution in [2.75, 3.05) is 32.8 Å². The SMILES string of the molecule is CCOc1ccc(C(=O)N2CCN(C(=O)c3cnn4c3CCCC4)CC2)cn1. The molecule has 148 valence electrons. The summed E-state index contributed by atoms with van der Waals surface area (Å²) in [6, 6.07) is 3.44. The van der Waals surface area contributed by atoms with Crippen molar-refractivity contribution in [3.05, 3.63) is 41.3 Å². The van der Waals surface area contributed by atoms with Gasteiger partial charge in [0.05, 0.1) is 29.6 Å². The van der Waals surface area contributed by atoms with E-state index in [4.69, 9.17) is 4.74 Å². The van der Waals surface area contributed by atoms with E-state index in [2.05, 4.69) is 10.1 Å². The summed E-state index contributed by atoms with van der Waals surface area (Å²) in [6.45, 7) is 5.40. The van der Waals surface area contributed by atoms with Gasteiger partial charge < -0.3 is 14.5 Å². The summed E-state index contributed by atoms with van der Waals surface area (Å²) in [5, 5.41) is 4.36. The number of ether oxygens (including phenoxy) is 1. The minimum Gasteiger partial charge on any atom is -0.478 e. The van der Waals surface area contributed by atoms with Gasteiger partial charge >= 0.3 is 0 Å². The fraction of sp³-hybridized carbons (Fsp3) is 0.500. The van der Waals surface area contributed by atoms with E-state index in [0.29, 0.717) is 44.2 Å². The van der Waals surface area contributed by atoms with Gasteiger partial charge in [-0.15, -0.1) is 0 Å². The van der Waals surface area contributed by atoms with Crippen LogP contribution >= 0.6 is 0 Å². The van der Waals surface area contributed by atoms with Crippen molar-refractivity contribution in [1.29, 1.82) is 0 Å². The third kappa shape index (κ3) is 3.58. The van der Waals surface area contributed by atoms with Gasteiger partial charge in [-0.3, -0.25) is 14.3 Å². The average Bonchev–Trinajstić information content (AvgIpc) is 3.18. The Balaban J connectivity index is 1.37. The van der Waals surface area contributed by atoms with Gasteiger partial charge in [-0.2, -0.15) is 5.10 Å². The number of hydrogen-bond acceptors (Lipinski definition) is 5. The van der Waals surface area contributed by atoms with Crippen LogP contribution in [0.2, 0.25) is 0 Å². The third-order valence-electron chi connectivity index (χ3n) is 5.34. The van der Waals surface area contributed by atoms with Crippen LogP contribution < -0.4 is 4.74 Å². The average molecular weight is 383 g/mol. The van der Waals surface area contributed by atoms with Crippen molar-refractivity contribution in [3.63, 3.8) is 0 Å². The number of carbonyl (C=O) groups excluding carboxylic acids is 2. The predicted octanol–water partition coefficient (Wildman–Crippen LogP) is 1.61. The second-order valence-corrected chi connectivity index (χ2v) is 7.09. The molecule has 0 bridgehead atoms. The molecule has 0 atom stereocenters. The molecular formula is C20H25N5O3. The Morgan fingerprint density at radius 1 is 1.00 bits per heavy atom. The van der Waals surface area contributed by atoms with E-state index in [1.54, 1.807) is 29.4 Å². The Morgan fingerprint density at radius 3 is 2.43 bits per heavy atom. The first-order valence-corrected chi connectivity index (χ1v) is 9.89. The van der Waals surface area contributed by atoms with Gasteiger partial charge in [0.2, 0.25) is 5.88 Å². The second-order valence-electron chi connectivity index (χ2n) is 7.09. The lowest BCUT2D eigenvalue weighted by Crippen LogP contribution is -2.50. The molecule has 2 aliphatic rings. The molecule has 2 aromatic heterocycles. The van der Waals surface area contributed by atoms with Crippen LogP contribution in [0.15, 0.2) is 24.5 Å². The van der Waals surface area contributed by atoms with Crippen molar-refractivity contribution >= 4 is 11.8 Å². The van der Waals surface area contributed by atoms with E-state index in [1.807, 2.05) is 16.5 Å². The Morgan fingerprint density at radius 2 is 1.75 bits per heavy atom. The second kappa shape index (κ2) is 8.00. The number of fused-ring (bicyclic) bond motifs is 1. The summed E-state index contributed by atoms with van der Waals surface area (Å²) in [7, 11) is 0. The molecule has 1 saturated heterocycles. The minimum absolute atomic E-state index is 0.0259. The first kappa shape index (κ1) is 18.5. The third-order valence-corrected chi connectivity index (χ3v) is 5.34. The summed E-state index contributed by atoms with van der Waals surface area (Å²) >= 11 is 0. The molecule has 0 saturated carbocycles. The van der Waals surface area contributed by atoms with Crippen molar-refractivity contribution in [2.24, 2.45) is 0 Å². The smallest absolute Gasteiger partial charge is 0.257 e. The topological polar surface area (TPSA) is 80.6 Å². The number of aryl methyl sites for hydroxylation is 1. The van der Waals surface area contributed by atoms with Crippen LogP contribution in [0.4, 0.5) is 0 Å². The van der Waals surface area contributed by atoms with Crippen LogP contribution in [0.5, 0.6) is 5.88 Å². The Hall–Kier alpha value is -2.90. The molecule has 2 amide bonds. The maximum atomic E-state index is 12.9. The van der Waals surface area contributed by atoms with E-state index in [0.717, 1.165) is 37.1 Å². The van der Waals surface area contributed by atoms with E-state index in [-0.39, 0.29) is 11.8 Å². The van der Waals surface area contributed by atoms with Crippen LogP contribution in [-0.4, -0.2) is 69.2 Å². The zero-order chi connectivity index (χ0) is 19.5. The summed E-state index contributed by atoms with van der Waals surface area (Å²) in [4.78, 5) is 33.4. The van der Waals surface area contributed by atoms with E-state index >= 15 is 0 Å². The molecule has 4 rings (SSSR count). The van der Waals surface area contributed by atoms with Gasteiger partial charge in [-0.05, 0) is 32.3 Å². The van der Waals surface area contributed by atoms with Crippen molar-refractivity contribution < 1.29 is 14.3 Å². The zero-order valence-electron chi connectivity index (χ0n) is 16.1. The molecule has 2 aromatic rings. The van der Waals surface area contributed by atoms with Crippen molar-refractivity contribution in [2.45, 2.75) is 32.7 Å². The molecule has 28 heavy (non-hydrogen) atoms. The monoisotopic (exact) mass is 383 g/mol. The Labute approximate surface area is 164 Å². The number of nitrogens with zero attached hydrogens (tertiary/aromatic N) is 5. The molecule has 0 unspecified atom stereocenters. The molecule has 0 aromatic carbocycles. The van der Waals surface area contributed by atoms with E-state index < -0.39 is 0 Å². The van der Waals surface area contributed by atoms with Gasteiger partial charge in [0.15, 0.2) is 0 Å². The normalized spacial score (nSPS) is 16.6. The first-order valence-electron chi connectivity index (χ1n) is 9.89. The largest absolute Gasteiger partial charge is 0.478 e. The standard InChI is InChI=1S/C20H25N5O3/c1-2-28-18-7-6-15(13-21-18)19(26)23-9-11-24(12-10-23)20(27)16-14-22-25-8-4-3-5-17(16)25/h6-7,13-14H,2-5,8-12H2,1H3. The quantitative estimate of drug-likeness (QED) is 0.801. The fourth-order valence-electron chi connectivity index (χ4n) is 3.81. The molecule has 0 radical (unpaired) electrons. The zero-order valence-corrected chi connectivity index (χ0v) is 16.1. The Bertz CT molecular complexity index is 853. The van der Waals surface area contributed by atoms with Crippen LogP contribution in [0.3, 0.4) is 0 Å². The molecule has 8 heteroatoms. The number of hydrogen-bond donors (Lipinski definition) is 0. The number of rotatable bonds is 4. The number of piperazine rings is 1. The molecule has 1 fully saturated rings. The lowest BCUT2D eigenvalue weighted by atomic mass is 10.1. The highest BCUT2D eigenvalue weighted by atomic mass is 16.5. The molecular weight excluding hydrogens is 358 g/mol. The number of amides is 2. The lowest BCUT2D eigenvalue weighted by Gasteiger charge is -2.34. The molecule has 2 aliphatic heterocycles. The highest BCUT2D eigenvalue weighted by Gasteiger charge is 2.28. The van der Waals surface area contributed by atoms with Gasteiger partial charge in [0.1, 0.15) is 0 Å². The lowest BCUT2D eigenvalue weighted by molar-refractivity contribution is 0.0534.